The Hall–Kier alpha value is -4.31. The zero-order valence-electron chi connectivity index (χ0n) is 22.8. The van der Waals surface area contributed by atoms with E-state index in [1.165, 1.54) is 18.6 Å². The number of ether oxygens (including phenoxy) is 2. The van der Waals surface area contributed by atoms with Gasteiger partial charge in [0, 0.05) is 30.8 Å². The second-order valence-electron chi connectivity index (χ2n) is 10.5. The average molecular weight is 544 g/mol. The van der Waals surface area contributed by atoms with E-state index in [1.807, 2.05) is 24.3 Å². The summed E-state index contributed by atoms with van der Waals surface area (Å²) < 4.78 is 12.3. The van der Waals surface area contributed by atoms with Gasteiger partial charge in [-0.05, 0) is 54.7 Å². The zero-order chi connectivity index (χ0) is 28.2. The molecule has 2 aliphatic rings. The Morgan fingerprint density at radius 1 is 1.07 bits per heavy atom. The summed E-state index contributed by atoms with van der Waals surface area (Å²) >= 11 is 0. The Morgan fingerprint density at radius 3 is 2.67 bits per heavy atom. The third-order valence-corrected chi connectivity index (χ3v) is 7.32. The van der Waals surface area contributed by atoms with Crippen molar-refractivity contribution in [3.8, 4) is 5.75 Å². The Kier molecular flexibility index (Phi) is 8.06. The van der Waals surface area contributed by atoms with Crippen LogP contribution in [0.2, 0.25) is 0 Å². The van der Waals surface area contributed by atoms with Gasteiger partial charge >= 0.3 is 0 Å². The van der Waals surface area contributed by atoms with Crippen LogP contribution in [0.25, 0.3) is 0 Å². The quantitative estimate of drug-likeness (QED) is 0.476. The lowest BCUT2D eigenvalue weighted by Gasteiger charge is -2.42. The van der Waals surface area contributed by atoms with Crippen molar-refractivity contribution in [2.45, 2.75) is 57.3 Å². The molecule has 1 fully saturated rings. The molecule has 0 radical (unpaired) electrons. The number of nitrogens with zero attached hydrogens (tertiary/aromatic N) is 3. The van der Waals surface area contributed by atoms with E-state index in [-0.39, 0.29) is 48.8 Å². The van der Waals surface area contributed by atoms with Crippen LogP contribution in [0.4, 0.5) is 11.4 Å². The maximum atomic E-state index is 13.5. The number of hydrogen-bond donors (Lipinski definition) is 2. The number of amides is 3. The highest BCUT2D eigenvalue weighted by atomic mass is 16.5. The smallest absolute Gasteiger partial charge is 0.275 e. The highest BCUT2D eigenvalue weighted by molar-refractivity contribution is 6.04. The standard InChI is InChI=1S/C30H33N5O5/c1-18(2)19-5-4-6-20(13-19)33-28(36)15-22-8-9-25-27(40-22)17-39-26-10-7-21(14-23(26)30(38)35(25)3)34-29(37)24-16-31-11-12-32-24/h4-7,10-14,16,18,22,25,27H,8-9,15,17H2,1-3H3,(H,33,36)(H,34,37)/t22-,25+,27-/m1/s1. The van der Waals surface area contributed by atoms with Crippen LogP contribution >= 0.6 is 0 Å². The molecule has 0 bridgehead atoms. The molecule has 0 aliphatic carbocycles. The summed E-state index contributed by atoms with van der Waals surface area (Å²) in [6.07, 6.45) is 5.17. The molecule has 2 aromatic carbocycles. The molecule has 2 N–H and O–H groups in total. The van der Waals surface area contributed by atoms with Crippen LogP contribution in [0.3, 0.4) is 0 Å². The van der Waals surface area contributed by atoms with Crippen LogP contribution in [0, 0.1) is 0 Å². The van der Waals surface area contributed by atoms with Crippen molar-refractivity contribution in [2.24, 2.45) is 0 Å². The van der Waals surface area contributed by atoms with Crippen molar-refractivity contribution < 1.29 is 23.9 Å². The first-order valence-corrected chi connectivity index (χ1v) is 13.4. The van der Waals surface area contributed by atoms with Crippen molar-refractivity contribution >= 4 is 29.1 Å². The third-order valence-electron chi connectivity index (χ3n) is 7.32. The minimum absolute atomic E-state index is 0.109. The first-order chi connectivity index (χ1) is 19.3. The Morgan fingerprint density at radius 2 is 1.90 bits per heavy atom. The lowest BCUT2D eigenvalue weighted by atomic mass is 9.94. The maximum Gasteiger partial charge on any atom is 0.275 e. The highest BCUT2D eigenvalue weighted by Gasteiger charge is 2.39. The van der Waals surface area contributed by atoms with Gasteiger partial charge in [-0.2, -0.15) is 0 Å². The molecule has 208 valence electrons. The summed E-state index contributed by atoms with van der Waals surface area (Å²) in [5.74, 6) is 0.00606. The Balaban J connectivity index is 1.23. The molecule has 10 heteroatoms. The molecule has 0 spiro atoms. The number of carbonyl (C=O) groups is 3. The van der Waals surface area contributed by atoms with Gasteiger partial charge in [-0.3, -0.25) is 19.4 Å². The van der Waals surface area contributed by atoms with Gasteiger partial charge in [-0.15, -0.1) is 0 Å². The van der Waals surface area contributed by atoms with E-state index in [1.54, 1.807) is 30.1 Å². The fourth-order valence-electron chi connectivity index (χ4n) is 5.11. The van der Waals surface area contributed by atoms with Crippen molar-refractivity contribution in [2.75, 3.05) is 24.3 Å². The molecule has 0 unspecified atom stereocenters. The predicted molar refractivity (Wildman–Crippen MR) is 149 cm³/mol. The van der Waals surface area contributed by atoms with Crippen molar-refractivity contribution in [1.82, 2.24) is 14.9 Å². The highest BCUT2D eigenvalue weighted by Crippen LogP contribution is 2.33. The second kappa shape index (κ2) is 11.8. The van der Waals surface area contributed by atoms with Crippen LogP contribution in [-0.4, -0.2) is 64.5 Å². The molecule has 40 heavy (non-hydrogen) atoms. The van der Waals surface area contributed by atoms with Crippen LogP contribution in [0.5, 0.6) is 5.75 Å². The molecule has 1 saturated heterocycles. The SMILES string of the molecule is CC(C)c1cccc(NC(=O)C[C@H]2CC[C@H]3[C@@H](COc4ccc(NC(=O)c5cnccn5)cc4C(=O)N3C)O2)c1. The molecule has 1 aromatic heterocycles. The lowest BCUT2D eigenvalue weighted by molar-refractivity contribution is -0.130. The summed E-state index contributed by atoms with van der Waals surface area (Å²) in [6, 6.07) is 12.6. The monoisotopic (exact) mass is 543 g/mol. The van der Waals surface area contributed by atoms with Crippen molar-refractivity contribution in [1.29, 1.82) is 0 Å². The van der Waals surface area contributed by atoms with Gasteiger partial charge in [0.15, 0.2) is 0 Å². The van der Waals surface area contributed by atoms with Crippen LogP contribution < -0.4 is 15.4 Å². The van der Waals surface area contributed by atoms with Gasteiger partial charge in [0.25, 0.3) is 11.8 Å². The van der Waals surface area contributed by atoms with Gasteiger partial charge in [-0.25, -0.2) is 4.98 Å². The lowest BCUT2D eigenvalue weighted by Crippen LogP contribution is -2.53. The molecule has 3 heterocycles. The molecule has 3 atom stereocenters. The average Bonchev–Trinajstić information content (AvgIpc) is 2.95. The van der Waals surface area contributed by atoms with E-state index in [2.05, 4.69) is 34.4 Å². The maximum absolute atomic E-state index is 13.5. The number of hydrogen-bond acceptors (Lipinski definition) is 7. The largest absolute Gasteiger partial charge is 0.490 e. The summed E-state index contributed by atoms with van der Waals surface area (Å²) in [7, 11) is 1.75. The minimum atomic E-state index is -0.427. The molecule has 3 aromatic rings. The van der Waals surface area contributed by atoms with E-state index in [0.717, 1.165) is 11.3 Å². The fraction of sp³-hybridized carbons (Fsp3) is 0.367. The third kappa shape index (κ3) is 6.12. The normalized spacial score (nSPS) is 20.4. The van der Waals surface area contributed by atoms with Gasteiger partial charge in [0.05, 0.1) is 30.3 Å². The van der Waals surface area contributed by atoms with Crippen molar-refractivity contribution in [3.05, 3.63) is 77.9 Å². The second-order valence-corrected chi connectivity index (χ2v) is 10.5. The molecule has 2 aliphatic heterocycles. The van der Waals surface area contributed by atoms with E-state index in [0.29, 0.717) is 35.8 Å². The zero-order valence-corrected chi connectivity index (χ0v) is 22.8. The number of anilines is 2. The van der Waals surface area contributed by atoms with Crippen LogP contribution in [0.15, 0.2) is 61.1 Å². The van der Waals surface area contributed by atoms with E-state index in [4.69, 9.17) is 9.47 Å². The van der Waals surface area contributed by atoms with Gasteiger partial charge in [0.1, 0.15) is 24.2 Å². The predicted octanol–water partition coefficient (Wildman–Crippen LogP) is 4.26. The summed E-state index contributed by atoms with van der Waals surface area (Å²) in [4.78, 5) is 48.4. The van der Waals surface area contributed by atoms with Gasteiger partial charge < -0.3 is 25.0 Å². The first-order valence-electron chi connectivity index (χ1n) is 13.4. The van der Waals surface area contributed by atoms with Crippen LogP contribution in [-0.2, 0) is 9.53 Å². The first kappa shape index (κ1) is 27.3. The van der Waals surface area contributed by atoms with E-state index >= 15 is 0 Å². The van der Waals surface area contributed by atoms with E-state index in [9.17, 15) is 14.4 Å². The molecule has 5 rings (SSSR count). The van der Waals surface area contributed by atoms with Crippen molar-refractivity contribution in [3.63, 3.8) is 0 Å². The van der Waals surface area contributed by atoms with Gasteiger partial charge in [-0.1, -0.05) is 26.0 Å². The number of carbonyl (C=O) groups excluding carboxylic acids is 3. The number of nitrogens with one attached hydrogen (secondary N) is 2. The Bertz CT molecular complexity index is 1400. The number of likely N-dealkylation sites (N-methyl/N-ethyl adjacent to an activating group) is 1. The summed E-state index contributed by atoms with van der Waals surface area (Å²) in [6.45, 7) is 4.46. The molecular formula is C30H33N5O5. The molecular weight excluding hydrogens is 510 g/mol. The minimum Gasteiger partial charge on any atom is -0.490 e. The number of benzene rings is 2. The summed E-state index contributed by atoms with van der Waals surface area (Å²) in [5, 5.41) is 5.74. The number of fused-ring (bicyclic) bond motifs is 2. The summed E-state index contributed by atoms with van der Waals surface area (Å²) in [5.41, 5.74) is 2.90. The molecule has 10 nitrogen and oxygen atoms in total. The number of aromatic nitrogens is 2. The molecule has 3 amide bonds. The topological polar surface area (TPSA) is 123 Å². The Labute approximate surface area is 233 Å². The van der Waals surface area contributed by atoms with Gasteiger partial charge in [0.2, 0.25) is 5.91 Å². The number of rotatable bonds is 6. The van der Waals surface area contributed by atoms with E-state index < -0.39 is 5.91 Å². The fourth-order valence-corrected chi connectivity index (χ4v) is 5.11. The molecule has 0 saturated carbocycles. The van der Waals surface area contributed by atoms with Crippen LogP contribution in [0.1, 0.15) is 65.4 Å².